The maximum Gasteiger partial charge on any atom is 0.155 e. The van der Waals surface area contributed by atoms with E-state index in [9.17, 15) is 4.39 Å². The van der Waals surface area contributed by atoms with Crippen LogP contribution in [0.4, 0.5) is 4.39 Å². The fourth-order valence-corrected chi connectivity index (χ4v) is 1.02. The van der Waals surface area contributed by atoms with Gasteiger partial charge in [0.1, 0.15) is 5.82 Å². The van der Waals surface area contributed by atoms with Crippen molar-refractivity contribution in [2.45, 2.75) is 19.6 Å². The average molecular weight is 157 g/mol. The molecule has 1 atom stereocenters. The minimum atomic E-state index is -1.03. The first-order valence-corrected chi connectivity index (χ1v) is 3.51. The molecular formula is C7H12FN3. The van der Waals surface area contributed by atoms with Gasteiger partial charge in [0.15, 0.2) is 6.17 Å². The number of imidazole rings is 1. The molecule has 0 saturated heterocycles. The standard InChI is InChI=1S/C7H12FN3/c1-5(8)7-10-4-6(3-9)11(7)2/h4-5H,3,9H2,1-2H3. The van der Waals surface area contributed by atoms with Crippen LogP contribution in [0.25, 0.3) is 0 Å². The van der Waals surface area contributed by atoms with Gasteiger partial charge in [0.05, 0.1) is 5.69 Å². The fraction of sp³-hybridized carbons (Fsp3) is 0.571. The molecule has 2 N–H and O–H groups in total. The molecule has 0 radical (unpaired) electrons. The van der Waals surface area contributed by atoms with Gasteiger partial charge in [-0.05, 0) is 6.92 Å². The molecule has 0 aliphatic rings. The summed E-state index contributed by atoms with van der Waals surface area (Å²) in [5.74, 6) is 0.436. The zero-order valence-corrected chi connectivity index (χ0v) is 6.71. The van der Waals surface area contributed by atoms with Gasteiger partial charge in [0, 0.05) is 19.8 Å². The number of aromatic nitrogens is 2. The first kappa shape index (κ1) is 8.20. The van der Waals surface area contributed by atoms with Crippen LogP contribution in [-0.4, -0.2) is 9.55 Å². The van der Waals surface area contributed by atoms with Gasteiger partial charge in [-0.25, -0.2) is 9.37 Å². The smallest absolute Gasteiger partial charge is 0.155 e. The highest BCUT2D eigenvalue weighted by molar-refractivity contribution is 5.05. The summed E-state index contributed by atoms with van der Waals surface area (Å²) < 4.78 is 14.4. The largest absolute Gasteiger partial charge is 0.332 e. The highest BCUT2D eigenvalue weighted by Gasteiger charge is 2.10. The highest BCUT2D eigenvalue weighted by atomic mass is 19.1. The fourth-order valence-electron chi connectivity index (χ4n) is 1.02. The van der Waals surface area contributed by atoms with Crippen molar-refractivity contribution >= 4 is 0 Å². The maximum atomic E-state index is 12.7. The molecule has 0 spiro atoms. The van der Waals surface area contributed by atoms with E-state index in [2.05, 4.69) is 4.98 Å². The number of nitrogens with zero attached hydrogens (tertiary/aromatic N) is 2. The second-order valence-electron chi connectivity index (χ2n) is 2.49. The van der Waals surface area contributed by atoms with Gasteiger partial charge in [0.25, 0.3) is 0 Å². The zero-order chi connectivity index (χ0) is 8.43. The predicted octanol–water partition coefficient (Wildman–Crippen LogP) is 0.909. The van der Waals surface area contributed by atoms with E-state index < -0.39 is 6.17 Å². The molecule has 1 unspecified atom stereocenters. The number of hydrogen-bond donors (Lipinski definition) is 1. The summed E-state index contributed by atoms with van der Waals surface area (Å²) in [6.45, 7) is 1.86. The monoisotopic (exact) mass is 157 g/mol. The minimum Gasteiger partial charge on any atom is -0.332 e. The molecule has 0 aromatic carbocycles. The molecule has 1 heterocycles. The van der Waals surface area contributed by atoms with Gasteiger partial charge in [-0.1, -0.05) is 0 Å². The van der Waals surface area contributed by atoms with Gasteiger partial charge < -0.3 is 10.3 Å². The van der Waals surface area contributed by atoms with Gasteiger partial charge in [-0.15, -0.1) is 0 Å². The van der Waals surface area contributed by atoms with Crippen molar-refractivity contribution in [2.75, 3.05) is 0 Å². The first-order valence-electron chi connectivity index (χ1n) is 3.51. The normalized spacial score (nSPS) is 13.5. The molecule has 1 rings (SSSR count). The van der Waals surface area contributed by atoms with E-state index in [1.165, 1.54) is 6.92 Å². The van der Waals surface area contributed by atoms with Crippen LogP contribution in [0.5, 0.6) is 0 Å². The van der Waals surface area contributed by atoms with Crippen molar-refractivity contribution in [1.29, 1.82) is 0 Å². The van der Waals surface area contributed by atoms with E-state index in [1.54, 1.807) is 17.8 Å². The third-order valence-corrected chi connectivity index (χ3v) is 1.69. The molecule has 11 heavy (non-hydrogen) atoms. The molecule has 3 nitrogen and oxygen atoms in total. The van der Waals surface area contributed by atoms with Crippen molar-refractivity contribution in [3.05, 3.63) is 17.7 Å². The topological polar surface area (TPSA) is 43.8 Å². The van der Waals surface area contributed by atoms with Crippen LogP contribution in [-0.2, 0) is 13.6 Å². The Morgan fingerprint density at radius 1 is 1.82 bits per heavy atom. The van der Waals surface area contributed by atoms with Crippen LogP contribution in [0.3, 0.4) is 0 Å². The van der Waals surface area contributed by atoms with Crippen LogP contribution in [0.15, 0.2) is 6.20 Å². The van der Waals surface area contributed by atoms with Gasteiger partial charge in [0.2, 0.25) is 0 Å². The lowest BCUT2D eigenvalue weighted by molar-refractivity contribution is 0.348. The molecule has 0 amide bonds. The van der Waals surface area contributed by atoms with Crippen molar-refractivity contribution in [3.63, 3.8) is 0 Å². The summed E-state index contributed by atoms with van der Waals surface area (Å²) in [4.78, 5) is 3.89. The molecule has 0 bridgehead atoms. The average Bonchev–Trinajstić information content (AvgIpc) is 2.30. The Morgan fingerprint density at radius 2 is 2.45 bits per heavy atom. The SMILES string of the molecule is CC(F)c1ncc(CN)n1C. The third-order valence-electron chi connectivity index (χ3n) is 1.69. The lowest BCUT2D eigenvalue weighted by Gasteiger charge is -2.03. The summed E-state index contributed by atoms with van der Waals surface area (Å²) in [7, 11) is 1.76. The molecule has 1 aromatic rings. The van der Waals surface area contributed by atoms with E-state index in [-0.39, 0.29) is 0 Å². The van der Waals surface area contributed by atoms with E-state index in [1.807, 2.05) is 0 Å². The molecule has 0 aliphatic carbocycles. The molecule has 4 heteroatoms. The number of halogens is 1. The van der Waals surface area contributed by atoms with Crippen molar-refractivity contribution in [1.82, 2.24) is 9.55 Å². The van der Waals surface area contributed by atoms with E-state index in [0.717, 1.165) is 5.69 Å². The summed E-state index contributed by atoms with van der Waals surface area (Å²) in [6, 6.07) is 0. The Bertz CT molecular complexity index is 242. The quantitative estimate of drug-likeness (QED) is 0.693. The number of hydrogen-bond acceptors (Lipinski definition) is 2. The van der Waals surface area contributed by atoms with Crippen LogP contribution >= 0.6 is 0 Å². The minimum absolute atomic E-state index is 0.399. The van der Waals surface area contributed by atoms with Crippen LogP contribution in [0.2, 0.25) is 0 Å². The van der Waals surface area contributed by atoms with Crippen molar-refractivity contribution < 1.29 is 4.39 Å². The summed E-state index contributed by atoms with van der Waals surface area (Å²) in [5.41, 5.74) is 6.23. The number of nitrogens with two attached hydrogens (primary N) is 1. The second kappa shape index (κ2) is 3.00. The van der Waals surface area contributed by atoms with E-state index in [0.29, 0.717) is 12.4 Å². The number of rotatable bonds is 2. The molecule has 1 aromatic heterocycles. The summed E-state index contributed by atoms with van der Waals surface area (Å²) >= 11 is 0. The zero-order valence-electron chi connectivity index (χ0n) is 6.71. The third kappa shape index (κ3) is 1.40. The Morgan fingerprint density at radius 3 is 2.73 bits per heavy atom. The highest BCUT2D eigenvalue weighted by Crippen LogP contribution is 2.14. The predicted molar refractivity (Wildman–Crippen MR) is 40.6 cm³/mol. The lowest BCUT2D eigenvalue weighted by atomic mass is 10.4. The van der Waals surface area contributed by atoms with Crippen LogP contribution in [0.1, 0.15) is 24.6 Å². The second-order valence-corrected chi connectivity index (χ2v) is 2.49. The Labute approximate surface area is 65.0 Å². The Balaban J connectivity index is 3.00. The maximum absolute atomic E-state index is 12.7. The summed E-state index contributed by atoms with van der Waals surface area (Å²) in [5, 5.41) is 0. The van der Waals surface area contributed by atoms with Crippen molar-refractivity contribution in [2.24, 2.45) is 12.8 Å². The molecule has 0 saturated carbocycles. The Hall–Kier alpha value is -0.900. The summed E-state index contributed by atoms with van der Waals surface area (Å²) in [6.07, 6.45) is 0.575. The Kier molecular flexibility index (Phi) is 2.24. The van der Waals surface area contributed by atoms with E-state index >= 15 is 0 Å². The molecule has 62 valence electrons. The van der Waals surface area contributed by atoms with E-state index in [4.69, 9.17) is 5.73 Å². The first-order chi connectivity index (χ1) is 5.16. The lowest BCUT2D eigenvalue weighted by Crippen LogP contribution is -2.06. The van der Waals surface area contributed by atoms with Gasteiger partial charge in [-0.2, -0.15) is 0 Å². The van der Waals surface area contributed by atoms with Crippen molar-refractivity contribution in [3.8, 4) is 0 Å². The van der Waals surface area contributed by atoms with Gasteiger partial charge in [-0.3, -0.25) is 0 Å². The van der Waals surface area contributed by atoms with Gasteiger partial charge >= 0.3 is 0 Å². The molecule has 0 aliphatic heterocycles. The number of alkyl halides is 1. The van der Waals surface area contributed by atoms with Crippen LogP contribution in [0, 0.1) is 0 Å². The van der Waals surface area contributed by atoms with Crippen LogP contribution < -0.4 is 5.73 Å². The molecular weight excluding hydrogens is 145 g/mol. The molecule has 0 fully saturated rings.